The van der Waals surface area contributed by atoms with Gasteiger partial charge >= 0.3 is 0 Å². The summed E-state index contributed by atoms with van der Waals surface area (Å²) in [5, 5.41) is 11.2. The normalized spacial score (nSPS) is 18.5. The van der Waals surface area contributed by atoms with Crippen LogP contribution in [0.5, 0.6) is 0 Å². The molecule has 0 unspecified atom stereocenters. The highest BCUT2D eigenvalue weighted by molar-refractivity contribution is 6.30. The van der Waals surface area contributed by atoms with Gasteiger partial charge < -0.3 is 10.7 Å². The summed E-state index contributed by atoms with van der Waals surface area (Å²) in [6.07, 6.45) is 0. The third-order valence-corrected chi connectivity index (χ3v) is 6.22. The number of aromatic nitrogens is 1. The van der Waals surface area contributed by atoms with Crippen LogP contribution in [0.4, 0.5) is 5.69 Å². The maximum atomic E-state index is 13.5. The van der Waals surface area contributed by atoms with Crippen molar-refractivity contribution in [3.05, 3.63) is 85.9 Å². The van der Waals surface area contributed by atoms with E-state index in [-0.39, 0.29) is 17.0 Å². The smallest absolute Gasteiger partial charge is 0.252 e. The number of H-pyrrole nitrogens is 1. The van der Waals surface area contributed by atoms with E-state index in [2.05, 4.69) is 4.98 Å². The Morgan fingerprint density at radius 2 is 1.82 bits per heavy atom. The topological polar surface area (TPSA) is 120 Å². The molecule has 2 atom stereocenters. The molecule has 3 N–H and O–H groups in total. The van der Waals surface area contributed by atoms with Crippen LogP contribution in [0.15, 0.2) is 58.7 Å². The van der Waals surface area contributed by atoms with Crippen LogP contribution in [-0.2, 0) is 9.59 Å². The maximum Gasteiger partial charge on any atom is 0.252 e. The lowest BCUT2D eigenvalue weighted by Gasteiger charge is -2.36. The van der Waals surface area contributed by atoms with Gasteiger partial charge in [-0.2, -0.15) is 5.26 Å². The Morgan fingerprint density at radius 3 is 2.42 bits per heavy atom. The van der Waals surface area contributed by atoms with E-state index >= 15 is 0 Å². The Kier molecular flexibility index (Phi) is 5.56. The molecular formula is C25H21ClN4O3. The van der Waals surface area contributed by atoms with Crippen molar-refractivity contribution in [2.75, 3.05) is 4.90 Å². The first-order chi connectivity index (χ1) is 15.6. The second kappa shape index (κ2) is 8.23. The minimum Gasteiger partial charge on any atom is -0.384 e. The molecule has 4 rings (SSSR count). The predicted octanol–water partition coefficient (Wildman–Crippen LogP) is 3.83. The molecule has 0 spiro atoms. The van der Waals surface area contributed by atoms with E-state index in [1.807, 2.05) is 32.0 Å². The molecule has 0 bridgehead atoms. The van der Waals surface area contributed by atoms with E-state index < -0.39 is 29.1 Å². The molecule has 2 heterocycles. The highest BCUT2D eigenvalue weighted by atomic mass is 35.5. The zero-order valence-corrected chi connectivity index (χ0v) is 19.0. The molecule has 1 aliphatic heterocycles. The van der Waals surface area contributed by atoms with Gasteiger partial charge in [0.1, 0.15) is 17.5 Å². The number of nitriles is 1. The third-order valence-electron chi connectivity index (χ3n) is 5.97. The number of benzene rings is 2. The maximum absolute atomic E-state index is 13.5. The number of aromatic amines is 1. The van der Waals surface area contributed by atoms with Gasteiger partial charge in [-0.15, -0.1) is 0 Å². The molecule has 3 aromatic rings. The second-order valence-electron chi connectivity index (χ2n) is 8.22. The largest absolute Gasteiger partial charge is 0.384 e. The molecular weight excluding hydrogens is 440 g/mol. The average Bonchev–Trinajstić information content (AvgIpc) is 2.74. The molecule has 1 aromatic heterocycles. The third kappa shape index (κ3) is 3.69. The summed E-state index contributed by atoms with van der Waals surface area (Å²) in [5.74, 6) is -3.58. The fraction of sp³-hybridized carbons (Fsp3) is 0.200. The number of Topliss-reactive ketones (excluding diaryl/α,β-unsaturated/α-hetero) is 1. The molecule has 33 heavy (non-hydrogen) atoms. The molecule has 0 aliphatic carbocycles. The number of hydrogen-bond acceptors (Lipinski definition) is 5. The minimum absolute atomic E-state index is 0.0145. The van der Waals surface area contributed by atoms with Crippen molar-refractivity contribution in [3.63, 3.8) is 0 Å². The fourth-order valence-electron chi connectivity index (χ4n) is 4.49. The number of hydrogen-bond donors (Lipinski definition) is 2. The quantitative estimate of drug-likeness (QED) is 0.575. The fourth-order valence-corrected chi connectivity index (χ4v) is 4.62. The van der Waals surface area contributed by atoms with E-state index in [0.717, 1.165) is 21.4 Å². The number of amides is 1. The molecule has 2 aromatic carbocycles. The number of fused-ring (bicyclic) bond motifs is 1. The zero-order chi connectivity index (χ0) is 24.0. The Hall–Kier alpha value is -3.89. The lowest BCUT2D eigenvalue weighted by atomic mass is 9.75. The highest BCUT2D eigenvalue weighted by Gasteiger charge is 2.46. The first kappa shape index (κ1) is 22.3. The van der Waals surface area contributed by atoms with Crippen molar-refractivity contribution < 1.29 is 9.59 Å². The van der Waals surface area contributed by atoms with E-state index in [1.165, 1.54) is 6.92 Å². The molecule has 1 aliphatic rings. The van der Waals surface area contributed by atoms with Gasteiger partial charge in [0.2, 0.25) is 5.91 Å². The number of nitrogens with zero attached hydrogens (tertiary/aromatic N) is 2. The van der Waals surface area contributed by atoms with Gasteiger partial charge in [0.15, 0.2) is 0 Å². The molecule has 1 amide bonds. The van der Waals surface area contributed by atoms with Crippen LogP contribution >= 0.6 is 11.6 Å². The van der Waals surface area contributed by atoms with Gasteiger partial charge in [-0.1, -0.05) is 17.7 Å². The molecule has 0 saturated heterocycles. The summed E-state index contributed by atoms with van der Waals surface area (Å²) in [5.41, 5.74) is 8.88. The van der Waals surface area contributed by atoms with Crippen LogP contribution in [0, 0.1) is 31.1 Å². The van der Waals surface area contributed by atoms with Gasteiger partial charge in [-0.05, 0) is 68.3 Å². The number of allylic oxidation sites excluding steroid dienone is 1. The number of carbonyl (C=O) groups is 2. The number of anilines is 1. The lowest BCUT2D eigenvalue weighted by Crippen LogP contribution is -2.49. The van der Waals surface area contributed by atoms with Gasteiger partial charge in [0, 0.05) is 27.4 Å². The first-order valence-electron chi connectivity index (χ1n) is 10.3. The average molecular weight is 461 g/mol. The Bertz CT molecular complexity index is 1450. The SMILES string of the molecule is CC(=O)[C@@H]1C(=O)N(c2ccc(Cl)cc2)C(N)=C(C#N)[C@@H]1c1cc2c(C)cc(C)cc2[nH]c1=O. The molecule has 8 heteroatoms. The molecule has 166 valence electrons. The van der Waals surface area contributed by atoms with Crippen LogP contribution in [0.3, 0.4) is 0 Å². The highest BCUT2D eigenvalue weighted by Crippen LogP contribution is 2.40. The Balaban J connectivity index is 1.99. The number of carbonyl (C=O) groups excluding carboxylic acids is 2. The Morgan fingerprint density at radius 1 is 1.15 bits per heavy atom. The number of rotatable bonds is 3. The van der Waals surface area contributed by atoms with Crippen LogP contribution in [0.25, 0.3) is 10.9 Å². The Labute approximate surface area is 195 Å². The summed E-state index contributed by atoms with van der Waals surface area (Å²) < 4.78 is 0. The van der Waals surface area contributed by atoms with Crippen molar-refractivity contribution >= 4 is 39.9 Å². The van der Waals surface area contributed by atoms with E-state index in [9.17, 15) is 19.6 Å². The minimum atomic E-state index is -1.29. The number of ketones is 1. The van der Waals surface area contributed by atoms with Crippen molar-refractivity contribution in [1.29, 1.82) is 5.26 Å². The number of aryl methyl sites for hydroxylation is 2. The van der Waals surface area contributed by atoms with Crippen molar-refractivity contribution in [2.24, 2.45) is 11.7 Å². The van der Waals surface area contributed by atoms with Crippen LogP contribution in [-0.4, -0.2) is 16.7 Å². The molecule has 0 radical (unpaired) electrons. The van der Waals surface area contributed by atoms with Crippen LogP contribution < -0.4 is 16.2 Å². The van der Waals surface area contributed by atoms with Gasteiger partial charge in [-0.3, -0.25) is 19.3 Å². The summed E-state index contributed by atoms with van der Waals surface area (Å²) in [7, 11) is 0. The standard InChI is InChI=1S/C25H21ClN4O3/c1-12-8-13(2)17-10-18(24(32)29-20(17)9-12)22-19(11-27)23(28)30(25(33)21(22)14(3)31)16-6-4-15(26)5-7-16/h4-10,21-22H,28H2,1-3H3,(H,29,32)/t21-,22-/m0/s1. The van der Waals surface area contributed by atoms with Crippen molar-refractivity contribution in [2.45, 2.75) is 26.7 Å². The first-order valence-corrected chi connectivity index (χ1v) is 10.7. The predicted molar refractivity (Wildman–Crippen MR) is 127 cm³/mol. The van der Waals surface area contributed by atoms with E-state index in [0.29, 0.717) is 16.2 Å². The lowest BCUT2D eigenvalue weighted by molar-refractivity contribution is -0.132. The summed E-state index contributed by atoms with van der Waals surface area (Å²) in [4.78, 5) is 43.3. The van der Waals surface area contributed by atoms with Gasteiger partial charge in [-0.25, -0.2) is 0 Å². The van der Waals surface area contributed by atoms with E-state index in [4.69, 9.17) is 17.3 Å². The number of nitrogens with one attached hydrogen (secondary N) is 1. The van der Waals surface area contributed by atoms with Gasteiger partial charge in [0.05, 0.1) is 17.3 Å². The second-order valence-corrected chi connectivity index (χ2v) is 8.66. The summed E-state index contributed by atoms with van der Waals surface area (Å²) >= 11 is 5.96. The number of nitrogens with two attached hydrogens (primary N) is 1. The van der Waals surface area contributed by atoms with E-state index in [1.54, 1.807) is 30.3 Å². The van der Waals surface area contributed by atoms with Gasteiger partial charge in [0.25, 0.3) is 5.56 Å². The summed E-state index contributed by atoms with van der Waals surface area (Å²) in [6.45, 7) is 5.10. The monoisotopic (exact) mass is 460 g/mol. The van der Waals surface area contributed by atoms with Crippen molar-refractivity contribution in [3.8, 4) is 6.07 Å². The number of pyridine rings is 1. The van der Waals surface area contributed by atoms with Crippen LogP contribution in [0.1, 0.15) is 29.5 Å². The van der Waals surface area contributed by atoms with Crippen molar-refractivity contribution in [1.82, 2.24) is 4.98 Å². The van der Waals surface area contributed by atoms with Crippen LogP contribution in [0.2, 0.25) is 5.02 Å². The molecule has 7 nitrogen and oxygen atoms in total. The summed E-state index contributed by atoms with van der Waals surface area (Å²) in [6, 6.07) is 13.8. The number of halogens is 1. The molecule has 0 saturated carbocycles. The molecule has 0 fully saturated rings. The zero-order valence-electron chi connectivity index (χ0n) is 18.3.